The van der Waals surface area contributed by atoms with E-state index in [1.165, 1.54) is 0 Å². The number of carbonyl (C=O) groups is 2. The SMILES string of the molecule is CC[C@@H](C)c1ccccc1N1C[C@H](C(=O)OCc2ccc(Cl)c(Cl)c2)CC1=O. The van der Waals surface area contributed by atoms with Crippen molar-refractivity contribution in [3.8, 4) is 0 Å². The zero-order valence-corrected chi connectivity index (χ0v) is 17.5. The maximum Gasteiger partial charge on any atom is 0.311 e. The van der Waals surface area contributed by atoms with E-state index in [9.17, 15) is 9.59 Å². The van der Waals surface area contributed by atoms with Crippen molar-refractivity contribution in [2.45, 2.75) is 39.2 Å². The third-order valence-corrected chi connectivity index (χ3v) is 5.93. The molecule has 1 fully saturated rings. The van der Waals surface area contributed by atoms with E-state index in [1.54, 1.807) is 23.1 Å². The van der Waals surface area contributed by atoms with Gasteiger partial charge in [0.2, 0.25) is 5.91 Å². The molecule has 1 aliphatic heterocycles. The second kappa shape index (κ2) is 8.97. The van der Waals surface area contributed by atoms with E-state index in [2.05, 4.69) is 13.8 Å². The van der Waals surface area contributed by atoms with Crippen molar-refractivity contribution in [2.24, 2.45) is 5.92 Å². The Bertz CT molecular complexity index is 884. The largest absolute Gasteiger partial charge is 0.461 e. The van der Waals surface area contributed by atoms with Crippen molar-refractivity contribution in [3.05, 3.63) is 63.6 Å². The van der Waals surface area contributed by atoms with Crippen LogP contribution >= 0.6 is 23.2 Å². The minimum absolute atomic E-state index is 0.0489. The normalized spacial score (nSPS) is 17.6. The first-order valence-electron chi connectivity index (χ1n) is 9.40. The smallest absolute Gasteiger partial charge is 0.311 e. The molecule has 28 heavy (non-hydrogen) atoms. The van der Waals surface area contributed by atoms with Gasteiger partial charge in [-0.05, 0) is 41.7 Å². The van der Waals surface area contributed by atoms with Gasteiger partial charge in [-0.3, -0.25) is 9.59 Å². The van der Waals surface area contributed by atoms with E-state index >= 15 is 0 Å². The van der Waals surface area contributed by atoms with Crippen LogP contribution in [0.1, 0.15) is 43.7 Å². The van der Waals surface area contributed by atoms with Gasteiger partial charge in [0.25, 0.3) is 0 Å². The number of benzene rings is 2. The quantitative estimate of drug-likeness (QED) is 0.572. The summed E-state index contributed by atoms with van der Waals surface area (Å²) in [4.78, 5) is 26.8. The van der Waals surface area contributed by atoms with Gasteiger partial charge in [-0.25, -0.2) is 0 Å². The number of ether oxygens (including phenoxy) is 1. The van der Waals surface area contributed by atoms with E-state index in [4.69, 9.17) is 27.9 Å². The Morgan fingerprint density at radius 2 is 1.96 bits per heavy atom. The molecule has 3 rings (SSSR count). The molecule has 1 amide bonds. The number of hydrogen-bond donors (Lipinski definition) is 0. The molecule has 1 heterocycles. The number of esters is 1. The fraction of sp³-hybridized carbons (Fsp3) is 0.364. The number of amides is 1. The van der Waals surface area contributed by atoms with E-state index < -0.39 is 5.92 Å². The summed E-state index contributed by atoms with van der Waals surface area (Å²) in [6, 6.07) is 13.0. The topological polar surface area (TPSA) is 46.6 Å². The average molecular weight is 420 g/mol. The van der Waals surface area contributed by atoms with Crippen LogP contribution in [0.25, 0.3) is 0 Å². The summed E-state index contributed by atoms with van der Waals surface area (Å²) in [6.07, 6.45) is 1.14. The van der Waals surface area contributed by atoms with Crippen LogP contribution in [0.3, 0.4) is 0 Å². The lowest BCUT2D eigenvalue weighted by Gasteiger charge is -2.23. The van der Waals surface area contributed by atoms with Gasteiger partial charge >= 0.3 is 5.97 Å². The number of para-hydroxylation sites is 1. The molecule has 0 bridgehead atoms. The standard InChI is InChI=1S/C22H23Cl2NO3/c1-3-14(2)17-6-4-5-7-20(17)25-12-16(11-21(25)26)22(27)28-13-15-8-9-18(23)19(24)10-15/h4-10,14,16H,3,11-13H2,1-2H3/t14-,16-/m1/s1. The summed E-state index contributed by atoms with van der Waals surface area (Å²) in [6.45, 7) is 4.70. The number of hydrogen-bond acceptors (Lipinski definition) is 3. The monoisotopic (exact) mass is 419 g/mol. The zero-order valence-electron chi connectivity index (χ0n) is 16.0. The first kappa shape index (κ1) is 20.7. The second-order valence-electron chi connectivity index (χ2n) is 7.13. The molecule has 0 aliphatic carbocycles. The molecule has 2 aromatic rings. The Hall–Kier alpha value is -2.04. The molecule has 0 aromatic heterocycles. The Kier molecular flexibility index (Phi) is 6.63. The van der Waals surface area contributed by atoms with Crippen LogP contribution in [-0.2, 0) is 20.9 Å². The number of anilines is 1. The molecule has 0 unspecified atom stereocenters. The van der Waals surface area contributed by atoms with Crippen LogP contribution in [-0.4, -0.2) is 18.4 Å². The lowest BCUT2D eigenvalue weighted by Crippen LogP contribution is -2.27. The highest BCUT2D eigenvalue weighted by Crippen LogP contribution is 2.34. The predicted molar refractivity (Wildman–Crippen MR) is 112 cm³/mol. The summed E-state index contributed by atoms with van der Waals surface area (Å²) in [7, 11) is 0. The summed E-state index contributed by atoms with van der Waals surface area (Å²) >= 11 is 11.9. The number of rotatable bonds is 6. The van der Waals surface area contributed by atoms with Crippen molar-refractivity contribution in [1.82, 2.24) is 0 Å². The van der Waals surface area contributed by atoms with Gasteiger partial charge in [0.05, 0.1) is 16.0 Å². The average Bonchev–Trinajstić information content (AvgIpc) is 3.09. The minimum atomic E-state index is -0.472. The summed E-state index contributed by atoms with van der Waals surface area (Å²) in [5.74, 6) is -0.555. The molecule has 0 N–H and O–H groups in total. The van der Waals surface area contributed by atoms with Gasteiger partial charge in [-0.15, -0.1) is 0 Å². The molecular formula is C22H23Cl2NO3. The summed E-state index contributed by atoms with van der Waals surface area (Å²) in [5.41, 5.74) is 2.77. The molecular weight excluding hydrogens is 397 g/mol. The number of halogens is 2. The van der Waals surface area contributed by atoms with Gasteiger partial charge in [0, 0.05) is 18.7 Å². The van der Waals surface area contributed by atoms with E-state index in [0.29, 0.717) is 22.5 Å². The highest BCUT2D eigenvalue weighted by atomic mass is 35.5. The molecule has 1 aliphatic rings. The van der Waals surface area contributed by atoms with Crippen molar-refractivity contribution >= 4 is 40.8 Å². The Morgan fingerprint density at radius 3 is 2.68 bits per heavy atom. The summed E-state index contributed by atoms with van der Waals surface area (Å²) in [5, 5.41) is 0.868. The first-order valence-corrected chi connectivity index (χ1v) is 10.2. The lowest BCUT2D eigenvalue weighted by molar-refractivity contribution is -0.149. The van der Waals surface area contributed by atoms with Gasteiger partial charge < -0.3 is 9.64 Å². The molecule has 4 nitrogen and oxygen atoms in total. The highest BCUT2D eigenvalue weighted by Gasteiger charge is 2.37. The Balaban J connectivity index is 1.67. The maximum atomic E-state index is 12.6. The molecule has 2 atom stereocenters. The van der Waals surface area contributed by atoms with Crippen molar-refractivity contribution in [2.75, 3.05) is 11.4 Å². The van der Waals surface area contributed by atoms with Crippen molar-refractivity contribution in [3.63, 3.8) is 0 Å². The third-order valence-electron chi connectivity index (χ3n) is 5.19. The zero-order chi connectivity index (χ0) is 20.3. The van der Waals surface area contributed by atoms with Crippen molar-refractivity contribution < 1.29 is 14.3 Å². The Morgan fingerprint density at radius 1 is 1.21 bits per heavy atom. The molecule has 0 saturated carbocycles. The van der Waals surface area contributed by atoms with Gasteiger partial charge in [-0.1, -0.05) is 61.3 Å². The number of carbonyl (C=O) groups excluding carboxylic acids is 2. The van der Waals surface area contributed by atoms with Gasteiger partial charge in [0.1, 0.15) is 6.61 Å². The minimum Gasteiger partial charge on any atom is -0.461 e. The van der Waals surface area contributed by atoms with Crippen LogP contribution in [0.4, 0.5) is 5.69 Å². The molecule has 6 heteroatoms. The maximum absolute atomic E-state index is 12.6. The van der Waals surface area contributed by atoms with Crippen LogP contribution < -0.4 is 4.90 Å². The Labute approximate surface area is 175 Å². The molecule has 148 valence electrons. The van der Waals surface area contributed by atoms with Gasteiger partial charge in [-0.2, -0.15) is 0 Å². The second-order valence-corrected chi connectivity index (χ2v) is 7.94. The molecule has 2 aromatic carbocycles. The van der Waals surface area contributed by atoms with E-state index in [-0.39, 0.29) is 24.9 Å². The molecule has 0 spiro atoms. The highest BCUT2D eigenvalue weighted by molar-refractivity contribution is 6.42. The molecule has 0 radical (unpaired) electrons. The van der Waals surface area contributed by atoms with Crippen LogP contribution in [0.5, 0.6) is 0 Å². The fourth-order valence-corrected chi connectivity index (χ4v) is 3.69. The number of nitrogens with zero attached hydrogens (tertiary/aromatic N) is 1. The van der Waals surface area contributed by atoms with E-state index in [1.807, 2.05) is 24.3 Å². The lowest BCUT2D eigenvalue weighted by atomic mass is 9.96. The van der Waals surface area contributed by atoms with Crippen LogP contribution in [0.15, 0.2) is 42.5 Å². The van der Waals surface area contributed by atoms with Crippen LogP contribution in [0.2, 0.25) is 10.0 Å². The van der Waals surface area contributed by atoms with Crippen molar-refractivity contribution in [1.29, 1.82) is 0 Å². The molecule has 1 saturated heterocycles. The van der Waals surface area contributed by atoms with Crippen LogP contribution in [0, 0.1) is 5.92 Å². The fourth-order valence-electron chi connectivity index (χ4n) is 3.37. The van der Waals surface area contributed by atoms with Gasteiger partial charge in [0.15, 0.2) is 0 Å². The third kappa shape index (κ3) is 4.50. The summed E-state index contributed by atoms with van der Waals surface area (Å²) < 4.78 is 5.42. The first-order chi connectivity index (χ1) is 13.4. The predicted octanol–water partition coefficient (Wildman–Crippen LogP) is 5.60. The van der Waals surface area contributed by atoms with E-state index in [0.717, 1.165) is 23.2 Å².